The van der Waals surface area contributed by atoms with E-state index in [9.17, 15) is 15.3 Å². The summed E-state index contributed by atoms with van der Waals surface area (Å²) in [6.45, 7) is 0. The summed E-state index contributed by atoms with van der Waals surface area (Å²) in [7, 11) is 0. The van der Waals surface area contributed by atoms with E-state index in [0.717, 1.165) is 10.8 Å². The number of rotatable bonds is 1. The third-order valence-electron chi connectivity index (χ3n) is 4.15. The largest absolute Gasteiger partial charge is 0.507 e. The average molecular weight is 302 g/mol. The van der Waals surface area contributed by atoms with Gasteiger partial charge >= 0.3 is 0 Å². The van der Waals surface area contributed by atoms with Gasteiger partial charge in [-0.05, 0) is 29.0 Å². The van der Waals surface area contributed by atoms with Crippen LogP contribution in [0.1, 0.15) is 0 Å². The summed E-state index contributed by atoms with van der Waals surface area (Å²) in [5.74, 6) is 0.179. The molecule has 4 rings (SSSR count). The van der Waals surface area contributed by atoms with Gasteiger partial charge in [-0.25, -0.2) is 0 Å². The van der Waals surface area contributed by atoms with Crippen LogP contribution in [-0.2, 0) is 0 Å². The number of fused-ring (bicyclic) bond motifs is 2. The lowest BCUT2D eigenvalue weighted by atomic mass is 9.96. The van der Waals surface area contributed by atoms with Gasteiger partial charge in [-0.15, -0.1) is 0 Å². The topological polar surface area (TPSA) is 60.7 Å². The van der Waals surface area contributed by atoms with E-state index in [-0.39, 0.29) is 17.2 Å². The Morgan fingerprint density at radius 3 is 1.87 bits per heavy atom. The molecule has 0 radical (unpaired) electrons. The van der Waals surface area contributed by atoms with Crippen molar-refractivity contribution in [2.45, 2.75) is 0 Å². The minimum atomic E-state index is 0.0454. The van der Waals surface area contributed by atoms with Crippen LogP contribution in [-0.4, -0.2) is 15.3 Å². The maximum atomic E-state index is 10.6. The molecule has 23 heavy (non-hydrogen) atoms. The van der Waals surface area contributed by atoms with Crippen molar-refractivity contribution < 1.29 is 15.3 Å². The Morgan fingerprint density at radius 2 is 1.13 bits per heavy atom. The first-order valence-electron chi connectivity index (χ1n) is 7.31. The Labute approximate surface area is 132 Å². The van der Waals surface area contributed by atoms with Gasteiger partial charge in [-0.1, -0.05) is 48.5 Å². The van der Waals surface area contributed by atoms with Gasteiger partial charge in [-0.3, -0.25) is 0 Å². The van der Waals surface area contributed by atoms with Crippen LogP contribution in [0.5, 0.6) is 17.2 Å². The third-order valence-corrected chi connectivity index (χ3v) is 4.15. The zero-order chi connectivity index (χ0) is 16.0. The molecule has 0 fully saturated rings. The van der Waals surface area contributed by atoms with Crippen LogP contribution in [0.2, 0.25) is 0 Å². The maximum Gasteiger partial charge on any atom is 0.131 e. The molecular formula is C20H14O3. The fourth-order valence-electron chi connectivity index (χ4n) is 2.99. The van der Waals surface area contributed by atoms with Crippen LogP contribution in [0.15, 0.2) is 66.7 Å². The van der Waals surface area contributed by atoms with E-state index in [4.69, 9.17) is 0 Å². The smallest absolute Gasteiger partial charge is 0.131 e. The second kappa shape index (κ2) is 4.92. The average Bonchev–Trinajstić information content (AvgIpc) is 2.58. The Kier molecular flexibility index (Phi) is 2.88. The number of phenols is 3. The molecule has 0 aliphatic carbocycles. The molecule has 0 saturated carbocycles. The van der Waals surface area contributed by atoms with Crippen LogP contribution in [0.4, 0.5) is 0 Å². The summed E-state index contributed by atoms with van der Waals surface area (Å²) in [4.78, 5) is 0. The zero-order valence-electron chi connectivity index (χ0n) is 12.2. The zero-order valence-corrected chi connectivity index (χ0v) is 12.2. The first-order valence-corrected chi connectivity index (χ1v) is 7.31. The van der Waals surface area contributed by atoms with Crippen molar-refractivity contribution in [1.29, 1.82) is 0 Å². The van der Waals surface area contributed by atoms with Crippen molar-refractivity contribution in [2.24, 2.45) is 0 Å². The van der Waals surface area contributed by atoms with Crippen LogP contribution in [0.25, 0.3) is 32.7 Å². The predicted molar refractivity (Wildman–Crippen MR) is 91.9 cm³/mol. The van der Waals surface area contributed by atoms with Crippen molar-refractivity contribution in [2.75, 3.05) is 0 Å². The Morgan fingerprint density at radius 1 is 0.522 bits per heavy atom. The normalized spacial score (nSPS) is 11.1. The lowest BCUT2D eigenvalue weighted by Crippen LogP contribution is -1.85. The lowest BCUT2D eigenvalue weighted by molar-refractivity contribution is 0.467. The van der Waals surface area contributed by atoms with E-state index in [1.165, 1.54) is 6.07 Å². The molecule has 4 aromatic carbocycles. The van der Waals surface area contributed by atoms with Crippen LogP contribution >= 0.6 is 0 Å². The van der Waals surface area contributed by atoms with Crippen molar-refractivity contribution in [3.05, 3.63) is 66.7 Å². The Balaban J connectivity index is 2.06. The highest BCUT2D eigenvalue weighted by atomic mass is 16.3. The molecule has 0 saturated heterocycles. The highest BCUT2D eigenvalue weighted by Gasteiger charge is 2.15. The van der Waals surface area contributed by atoms with E-state index in [1.807, 2.05) is 30.3 Å². The molecule has 0 unspecified atom stereocenters. The highest BCUT2D eigenvalue weighted by molar-refractivity contribution is 6.01. The second-order valence-electron chi connectivity index (χ2n) is 5.55. The molecule has 3 nitrogen and oxygen atoms in total. The molecule has 4 aromatic rings. The summed E-state index contributed by atoms with van der Waals surface area (Å²) in [5.41, 5.74) is 0.895. The fraction of sp³-hybridized carbons (Fsp3) is 0. The summed E-state index contributed by atoms with van der Waals surface area (Å²) in [5, 5.41) is 34.2. The van der Waals surface area contributed by atoms with Gasteiger partial charge in [0.15, 0.2) is 0 Å². The quantitative estimate of drug-likeness (QED) is 0.444. The van der Waals surface area contributed by atoms with Crippen LogP contribution in [0.3, 0.4) is 0 Å². The molecule has 3 heteroatoms. The fourth-order valence-corrected chi connectivity index (χ4v) is 2.99. The highest BCUT2D eigenvalue weighted by Crippen LogP contribution is 2.44. The molecule has 3 N–H and O–H groups in total. The molecule has 0 aromatic heterocycles. The minimum absolute atomic E-state index is 0.0454. The number of hydrogen-bond donors (Lipinski definition) is 3. The number of benzene rings is 4. The first-order chi connectivity index (χ1) is 11.1. The molecule has 0 atom stereocenters. The maximum absolute atomic E-state index is 10.6. The van der Waals surface area contributed by atoms with Gasteiger partial charge in [0.2, 0.25) is 0 Å². The Hall–Kier alpha value is -3.20. The van der Waals surface area contributed by atoms with Crippen molar-refractivity contribution >= 4 is 21.5 Å². The predicted octanol–water partition coefficient (Wildman–Crippen LogP) is 4.78. The molecule has 0 aliphatic rings. The van der Waals surface area contributed by atoms with Crippen LogP contribution < -0.4 is 0 Å². The van der Waals surface area contributed by atoms with E-state index in [2.05, 4.69) is 0 Å². The summed E-state index contributed by atoms with van der Waals surface area (Å²) in [6, 6.07) is 19.7. The first kappa shape index (κ1) is 13.5. The van der Waals surface area contributed by atoms with Crippen molar-refractivity contribution in [1.82, 2.24) is 0 Å². The molecule has 0 amide bonds. The molecule has 0 heterocycles. The number of hydrogen-bond acceptors (Lipinski definition) is 3. The van der Waals surface area contributed by atoms with E-state index < -0.39 is 0 Å². The Bertz CT molecular complexity index is 1050. The molecule has 0 spiro atoms. The van der Waals surface area contributed by atoms with E-state index >= 15 is 0 Å². The summed E-state index contributed by atoms with van der Waals surface area (Å²) < 4.78 is 0. The lowest BCUT2D eigenvalue weighted by Gasteiger charge is -2.12. The van der Waals surface area contributed by atoms with Gasteiger partial charge in [0.05, 0.1) is 0 Å². The van der Waals surface area contributed by atoms with Gasteiger partial charge < -0.3 is 15.3 Å². The number of aromatic hydroxyl groups is 3. The van der Waals surface area contributed by atoms with Crippen LogP contribution in [0, 0.1) is 0 Å². The molecule has 0 bridgehead atoms. The van der Waals surface area contributed by atoms with E-state index in [0.29, 0.717) is 21.9 Å². The molecular weight excluding hydrogens is 288 g/mol. The van der Waals surface area contributed by atoms with Crippen molar-refractivity contribution in [3.63, 3.8) is 0 Å². The van der Waals surface area contributed by atoms with Gasteiger partial charge in [-0.2, -0.15) is 0 Å². The SMILES string of the molecule is Oc1cc2ccccc2cc1-c1cc(O)c2ccccc2c1O. The number of phenolic OH excluding ortho intramolecular Hbond substituents is 3. The summed E-state index contributed by atoms with van der Waals surface area (Å²) in [6.07, 6.45) is 0. The van der Waals surface area contributed by atoms with Gasteiger partial charge in [0.25, 0.3) is 0 Å². The van der Waals surface area contributed by atoms with Gasteiger partial charge in [0.1, 0.15) is 17.2 Å². The third kappa shape index (κ3) is 2.06. The van der Waals surface area contributed by atoms with Gasteiger partial charge in [0, 0.05) is 21.9 Å². The standard InChI is InChI=1S/C20H14O3/c21-18-10-13-6-2-1-5-12(13)9-16(18)17-11-19(22)14-7-3-4-8-15(14)20(17)23/h1-11,21-23H. The van der Waals surface area contributed by atoms with E-state index in [1.54, 1.807) is 30.3 Å². The monoisotopic (exact) mass is 302 g/mol. The second-order valence-corrected chi connectivity index (χ2v) is 5.55. The molecule has 0 aliphatic heterocycles. The summed E-state index contributed by atoms with van der Waals surface area (Å²) >= 11 is 0. The van der Waals surface area contributed by atoms with Crippen molar-refractivity contribution in [3.8, 4) is 28.4 Å². The minimum Gasteiger partial charge on any atom is -0.507 e. The molecule has 112 valence electrons.